The number of hydrogen-bond donors (Lipinski definition) is 2. The van der Waals surface area contributed by atoms with E-state index in [9.17, 15) is 5.11 Å². The van der Waals surface area contributed by atoms with Crippen LogP contribution < -0.4 is 5.32 Å². The number of phenolic OH excluding ortho intramolecular Hbond substituents is 1. The van der Waals surface area contributed by atoms with Crippen LogP contribution in [0.2, 0.25) is 0 Å². The van der Waals surface area contributed by atoms with E-state index in [-0.39, 0.29) is 6.04 Å². The Labute approximate surface area is 118 Å². The number of nitrogens with one attached hydrogen (secondary N) is 1. The molecule has 0 spiro atoms. The molecule has 100 valence electrons. The molecule has 0 aliphatic rings. The molecule has 3 heteroatoms. The fourth-order valence-electron chi connectivity index (χ4n) is 2.08. The van der Waals surface area contributed by atoms with E-state index in [4.69, 9.17) is 0 Å². The molecule has 0 saturated heterocycles. The number of rotatable bonds is 5. The quantitative estimate of drug-likeness (QED) is 0.776. The molecule has 0 heterocycles. The van der Waals surface area contributed by atoms with Gasteiger partial charge in [0.05, 0.1) is 6.04 Å². The van der Waals surface area contributed by atoms with Crippen LogP contribution in [0.1, 0.15) is 24.9 Å². The first kappa shape index (κ1) is 13.8. The standard InChI is InChI=1S/C16H19NOS/c1-3-14(12-8-10-13(18)11-9-12)17-15-6-4-5-7-16(15)19-2/h4-11,14,17-18H,3H2,1-2H3. The Morgan fingerprint density at radius 2 is 1.79 bits per heavy atom. The van der Waals surface area contributed by atoms with E-state index < -0.39 is 0 Å². The normalized spacial score (nSPS) is 12.1. The van der Waals surface area contributed by atoms with Crippen molar-refractivity contribution >= 4 is 17.4 Å². The summed E-state index contributed by atoms with van der Waals surface area (Å²) >= 11 is 1.74. The number of anilines is 1. The van der Waals surface area contributed by atoms with Gasteiger partial charge in [-0.3, -0.25) is 0 Å². The largest absolute Gasteiger partial charge is 0.508 e. The van der Waals surface area contributed by atoms with Crippen LogP contribution in [-0.4, -0.2) is 11.4 Å². The molecule has 0 amide bonds. The van der Waals surface area contributed by atoms with Crippen LogP contribution in [0.15, 0.2) is 53.4 Å². The summed E-state index contributed by atoms with van der Waals surface area (Å²) in [7, 11) is 0. The van der Waals surface area contributed by atoms with Crippen molar-refractivity contribution in [3.63, 3.8) is 0 Å². The first-order valence-electron chi connectivity index (χ1n) is 6.43. The van der Waals surface area contributed by atoms with Gasteiger partial charge in [0.25, 0.3) is 0 Å². The summed E-state index contributed by atoms with van der Waals surface area (Å²) in [5.74, 6) is 0.308. The van der Waals surface area contributed by atoms with Crippen molar-refractivity contribution in [2.24, 2.45) is 0 Å². The molecule has 0 aromatic heterocycles. The number of thioether (sulfide) groups is 1. The monoisotopic (exact) mass is 273 g/mol. The highest BCUT2D eigenvalue weighted by atomic mass is 32.2. The number of para-hydroxylation sites is 1. The third-order valence-corrected chi connectivity index (χ3v) is 3.94. The zero-order valence-corrected chi connectivity index (χ0v) is 12.1. The Hall–Kier alpha value is -1.61. The van der Waals surface area contributed by atoms with Crippen LogP contribution in [-0.2, 0) is 0 Å². The second-order valence-corrected chi connectivity index (χ2v) is 5.25. The van der Waals surface area contributed by atoms with Crippen LogP contribution in [0.5, 0.6) is 5.75 Å². The van der Waals surface area contributed by atoms with Gasteiger partial charge in [0.15, 0.2) is 0 Å². The lowest BCUT2D eigenvalue weighted by molar-refractivity contribution is 0.475. The van der Waals surface area contributed by atoms with Crippen molar-refractivity contribution in [1.29, 1.82) is 0 Å². The van der Waals surface area contributed by atoms with E-state index in [2.05, 4.69) is 36.7 Å². The van der Waals surface area contributed by atoms with Crippen LogP contribution in [0, 0.1) is 0 Å². The number of aromatic hydroxyl groups is 1. The minimum absolute atomic E-state index is 0.258. The Kier molecular flexibility index (Phi) is 4.74. The summed E-state index contributed by atoms with van der Waals surface area (Å²) in [6.07, 6.45) is 3.08. The van der Waals surface area contributed by atoms with Gasteiger partial charge >= 0.3 is 0 Å². The van der Waals surface area contributed by atoms with Crippen LogP contribution in [0.4, 0.5) is 5.69 Å². The fourth-order valence-corrected chi connectivity index (χ4v) is 2.64. The van der Waals surface area contributed by atoms with Crippen molar-refractivity contribution in [3.8, 4) is 5.75 Å². The zero-order valence-electron chi connectivity index (χ0n) is 11.3. The van der Waals surface area contributed by atoms with Crippen molar-refractivity contribution in [3.05, 3.63) is 54.1 Å². The van der Waals surface area contributed by atoms with Crippen molar-refractivity contribution < 1.29 is 5.11 Å². The maximum Gasteiger partial charge on any atom is 0.115 e. The zero-order chi connectivity index (χ0) is 13.7. The summed E-state index contributed by atoms with van der Waals surface area (Å²) in [4.78, 5) is 1.25. The molecule has 0 aliphatic carbocycles. The van der Waals surface area contributed by atoms with Crippen molar-refractivity contribution in [1.82, 2.24) is 0 Å². The van der Waals surface area contributed by atoms with Crippen molar-refractivity contribution in [2.45, 2.75) is 24.3 Å². The molecule has 0 fully saturated rings. The molecule has 0 aliphatic heterocycles. The Morgan fingerprint density at radius 3 is 2.42 bits per heavy atom. The maximum atomic E-state index is 9.36. The number of benzene rings is 2. The first-order chi connectivity index (χ1) is 9.24. The minimum atomic E-state index is 0.258. The number of phenols is 1. The van der Waals surface area contributed by atoms with Crippen LogP contribution in [0.3, 0.4) is 0 Å². The lowest BCUT2D eigenvalue weighted by Gasteiger charge is -2.20. The molecular formula is C16H19NOS. The molecule has 1 atom stereocenters. The topological polar surface area (TPSA) is 32.3 Å². The van der Waals surface area contributed by atoms with Gasteiger partial charge < -0.3 is 10.4 Å². The highest BCUT2D eigenvalue weighted by Gasteiger charge is 2.10. The molecule has 0 radical (unpaired) electrons. The highest BCUT2D eigenvalue weighted by Crippen LogP contribution is 2.30. The van der Waals surface area contributed by atoms with Crippen LogP contribution in [0.25, 0.3) is 0 Å². The van der Waals surface area contributed by atoms with Gasteiger partial charge in [-0.05, 0) is 42.5 Å². The Balaban J connectivity index is 2.21. The van der Waals surface area contributed by atoms with Gasteiger partial charge in [-0.1, -0.05) is 31.2 Å². The Bertz CT molecular complexity index is 525. The average Bonchev–Trinajstić information content (AvgIpc) is 2.46. The molecule has 19 heavy (non-hydrogen) atoms. The molecule has 0 bridgehead atoms. The van der Waals surface area contributed by atoms with Gasteiger partial charge in [-0.15, -0.1) is 11.8 Å². The molecule has 2 aromatic carbocycles. The number of hydrogen-bond acceptors (Lipinski definition) is 3. The minimum Gasteiger partial charge on any atom is -0.508 e. The third-order valence-electron chi connectivity index (χ3n) is 3.14. The lowest BCUT2D eigenvalue weighted by Crippen LogP contribution is -2.10. The van der Waals surface area contributed by atoms with Gasteiger partial charge in [0.2, 0.25) is 0 Å². The molecule has 1 unspecified atom stereocenters. The SMILES string of the molecule is CCC(Nc1ccccc1SC)c1ccc(O)cc1. The van der Waals surface area contributed by atoms with E-state index >= 15 is 0 Å². The maximum absolute atomic E-state index is 9.36. The molecule has 0 saturated carbocycles. The van der Waals surface area contributed by atoms with E-state index in [1.54, 1.807) is 23.9 Å². The van der Waals surface area contributed by atoms with Crippen molar-refractivity contribution in [2.75, 3.05) is 11.6 Å². The van der Waals surface area contributed by atoms with Gasteiger partial charge in [0, 0.05) is 10.6 Å². The van der Waals surface area contributed by atoms with Gasteiger partial charge in [-0.2, -0.15) is 0 Å². The summed E-state index contributed by atoms with van der Waals surface area (Å²) in [6.45, 7) is 2.16. The summed E-state index contributed by atoms with van der Waals surface area (Å²) in [5.41, 5.74) is 2.35. The molecule has 2 rings (SSSR count). The average molecular weight is 273 g/mol. The van der Waals surface area contributed by atoms with Gasteiger partial charge in [-0.25, -0.2) is 0 Å². The third kappa shape index (κ3) is 3.44. The second-order valence-electron chi connectivity index (χ2n) is 4.40. The molecular weight excluding hydrogens is 254 g/mol. The summed E-state index contributed by atoms with van der Waals surface area (Å²) < 4.78 is 0. The molecule has 2 nitrogen and oxygen atoms in total. The van der Waals surface area contributed by atoms with E-state index in [1.807, 2.05) is 18.2 Å². The predicted octanol–water partition coefficient (Wildman–Crippen LogP) is 4.68. The van der Waals surface area contributed by atoms with Gasteiger partial charge in [0.1, 0.15) is 5.75 Å². The second kappa shape index (κ2) is 6.53. The molecule has 2 N–H and O–H groups in total. The smallest absolute Gasteiger partial charge is 0.115 e. The highest BCUT2D eigenvalue weighted by molar-refractivity contribution is 7.98. The summed E-state index contributed by atoms with van der Waals surface area (Å²) in [5, 5.41) is 12.9. The first-order valence-corrected chi connectivity index (χ1v) is 7.65. The Morgan fingerprint density at radius 1 is 1.11 bits per heavy atom. The van der Waals surface area contributed by atoms with E-state index in [0.717, 1.165) is 12.1 Å². The molecule has 2 aromatic rings. The summed E-state index contributed by atoms with van der Waals surface area (Å²) in [6, 6.07) is 16.0. The van der Waals surface area contributed by atoms with Crippen LogP contribution >= 0.6 is 11.8 Å². The lowest BCUT2D eigenvalue weighted by atomic mass is 10.0. The predicted molar refractivity (Wildman–Crippen MR) is 83.0 cm³/mol. The van der Waals surface area contributed by atoms with E-state index in [1.165, 1.54) is 10.5 Å². The van der Waals surface area contributed by atoms with E-state index in [0.29, 0.717) is 5.75 Å². The fraction of sp³-hybridized carbons (Fsp3) is 0.250.